The fraction of sp³-hybridized carbons (Fsp3) is 0.250. The fourth-order valence-electron chi connectivity index (χ4n) is 2.99. The number of halogens is 2. The molecule has 1 amide bonds. The van der Waals surface area contributed by atoms with E-state index in [0.29, 0.717) is 21.8 Å². The molecule has 0 unspecified atom stereocenters. The number of fused-ring (bicyclic) bond motifs is 1. The monoisotopic (exact) mass is 447 g/mol. The second-order valence-corrected chi connectivity index (χ2v) is 7.41. The summed E-state index contributed by atoms with van der Waals surface area (Å²) in [5.41, 5.74) is -0.570. The molecule has 3 rings (SSSR count). The van der Waals surface area contributed by atoms with Crippen molar-refractivity contribution >= 4 is 38.4 Å². The van der Waals surface area contributed by atoms with Gasteiger partial charge in [-0.25, -0.2) is 9.18 Å². The molecular weight excluding hydrogens is 429 g/mol. The molecule has 0 aliphatic heterocycles. The molecule has 28 heavy (non-hydrogen) atoms. The van der Waals surface area contributed by atoms with E-state index in [4.69, 9.17) is 0 Å². The van der Waals surface area contributed by atoms with Gasteiger partial charge in [-0.2, -0.15) is 0 Å². The Labute approximate surface area is 168 Å². The molecule has 2 aromatic carbocycles. The van der Waals surface area contributed by atoms with Gasteiger partial charge < -0.3 is 5.32 Å². The molecule has 6 nitrogen and oxygen atoms in total. The number of benzene rings is 2. The third-order valence-corrected chi connectivity index (χ3v) is 5.11. The van der Waals surface area contributed by atoms with Gasteiger partial charge in [0, 0.05) is 10.5 Å². The van der Waals surface area contributed by atoms with Crippen molar-refractivity contribution in [2.45, 2.75) is 32.9 Å². The average molecular weight is 448 g/mol. The quantitative estimate of drug-likeness (QED) is 0.648. The van der Waals surface area contributed by atoms with E-state index in [9.17, 15) is 18.8 Å². The van der Waals surface area contributed by atoms with Crippen LogP contribution < -0.4 is 16.6 Å². The number of nitrogens with zero attached hydrogens (tertiary/aromatic N) is 2. The number of nitrogens with one attached hydrogen (secondary N) is 1. The summed E-state index contributed by atoms with van der Waals surface area (Å²) in [4.78, 5) is 38.2. The van der Waals surface area contributed by atoms with Crippen molar-refractivity contribution in [1.82, 2.24) is 9.13 Å². The number of anilines is 1. The highest BCUT2D eigenvalue weighted by atomic mass is 79.9. The van der Waals surface area contributed by atoms with Crippen LogP contribution in [0.15, 0.2) is 56.5 Å². The number of para-hydroxylation sites is 1. The van der Waals surface area contributed by atoms with Gasteiger partial charge in [-0.05, 0) is 43.7 Å². The highest BCUT2D eigenvalue weighted by Gasteiger charge is 2.18. The third-order valence-electron chi connectivity index (χ3n) is 4.62. The molecule has 0 bridgehead atoms. The molecule has 8 heteroatoms. The first-order valence-corrected chi connectivity index (χ1v) is 9.61. The molecule has 0 radical (unpaired) electrons. The zero-order chi connectivity index (χ0) is 20.4. The number of carbonyl (C=O) groups is 1. The lowest BCUT2D eigenvalue weighted by molar-refractivity contribution is -0.116. The summed E-state index contributed by atoms with van der Waals surface area (Å²) in [5, 5.41) is 2.83. The average Bonchev–Trinajstić information content (AvgIpc) is 2.67. The van der Waals surface area contributed by atoms with Gasteiger partial charge in [-0.3, -0.25) is 18.7 Å². The lowest BCUT2D eigenvalue weighted by Gasteiger charge is -2.17. The van der Waals surface area contributed by atoms with E-state index in [1.807, 2.05) is 6.92 Å². The Hall–Kier alpha value is -2.74. The highest BCUT2D eigenvalue weighted by Crippen LogP contribution is 2.19. The normalized spacial score (nSPS) is 12.1. The fourth-order valence-corrected chi connectivity index (χ4v) is 3.32. The highest BCUT2D eigenvalue weighted by molar-refractivity contribution is 9.10. The van der Waals surface area contributed by atoms with Gasteiger partial charge >= 0.3 is 5.69 Å². The predicted molar refractivity (Wildman–Crippen MR) is 110 cm³/mol. The molecule has 146 valence electrons. The van der Waals surface area contributed by atoms with E-state index >= 15 is 0 Å². The molecule has 1 aromatic heterocycles. The van der Waals surface area contributed by atoms with E-state index in [2.05, 4.69) is 21.2 Å². The van der Waals surface area contributed by atoms with Gasteiger partial charge in [0.1, 0.15) is 12.4 Å². The summed E-state index contributed by atoms with van der Waals surface area (Å²) < 4.78 is 16.9. The number of rotatable bonds is 5. The Balaban J connectivity index is 2.06. The zero-order valence-corrected chi connectivity index (χ0v) is 17.0. The molecule has 0 fully saturated rings. The molecule has 0 saturated heterocycles. The summed E-state index contributed by atoms with van der Waals surface area (Å²) in [6, 6.07) is 10.6. The minimum Gasteiger partial charge on any atom is -0.322 e. The molecule has 0 spiro atoms. The SMILES string of the molecule is CC[C@@H](C)n1c(=O)c2ccccc2n(CC(=O)Nc2ccc(Br)cc2F)c1=O. The summed E-state index contributed by atoms with van der Waals surface area (Å²) >= 11 is 3.16. The Morgan fingerprint density at radius 2 is 1.93 bits per heavy atom. The maximum absolute atomic E-state index is 14.0. The Bertz CT molecular complexity index is 1170. The lowest BCUT2D eigenvalue weighted by Crippen LogP contribution is -2.43. The van der Waals surface area contributed by atoms with Crippen LogP contribution in [-0.4, -0.2) is 15.0 Å². The summed E-state index contributed by atoms with van der Waals surface area (Å²) in [5.74, 6) is -1.16. The van der Waals surface area contributed by atoms with Crippen LogP contribution in [0.2, 0.25) is 0 Å². The van der Waals surface area contributed by atoms with E-state index < -0.39 is 17.4 Å². The van der Waals surface area contributed by atoms with Gasteiger partial charge in [-0.1, -0.05) is 35.0 Å². The molecule has 0 saturated carbocycles. The smallest absolute Gasteiger partial charge is 0.322 e. The van der Waals surface area contributed by atoms with Crippen molar-refractivity contribution in [3.8, 4) is 0 Å². The molecule has 0 aliphatic carbocycles. The van der Waals surface area contributed by atoms with Crippen molar-refractivity contribution in [2.75, 3.05) is 5.32 Å². The standard InChI is InChI=1S/C20H19BrFN3O3/c1-3-12(2)25-19(27)14-6-4-5-7-17(14)24(20(25)28)11-18(26)23-16-9-8-13(21)10-15(16)22/h4-10,12H,3,11H2,1-2H3,(H,23,26)/t12-/m1/s1. The Kier molecular flexibility index (Phi) is 5.79. The van der Waals surface area contributed by atoms with Gasteiger partial charge in [0.05, 0.1) is 16.6 Å². The molecule has 1 N–H and O–H groups in total. The number of amides is 1. The molecule has 3 aromatic rings. The first kappa shape index (κ1) is 20.0. The third kappa shape index (κ3) is 3.77. The van der Waals surface area contributed by atoms with Crippen molar-refractivity contribution < 1.29 is 9.18 Å². The summed E-state index contributed by atoms with van der Waals surface area (Å²) in [7, 11) is 0. The maximum atomic E-state index is 14.0. The number of aromatic nitrogens is 2. The van der Waals surface area contributed by atoms with E-state index in [1.165, 1.54) is 16.7 Å². The van der Waals surface area contributed by atoms with Crippen LogP contribution in [-0.2, 0) is 11.3 Å². The first-order chi connectivity index (χ1) is 13.3. The summed E-state index contributed by atoms with van der Waals surface area (Å²) in [6.45, 7) is 3.31. The van der Waals surface area contributed by atoms with Crippen LogP contribution in [0.4, 0.5) is 10.1 Å². The number of hydrogen-bond donors (Lipinski definition) is 1. The van der Waals surface area contributed by atoms with Crippen molar-refractivity contribution in [1.29, 1.82) is 0 Å². The molecule has 1 atom stereocenters. The minimum atomic E-state index is -0.593. The van der Waals surface area contributed by atoms with E-state index in [1.54, 1.807) is 37.3 Å². The maximum Gasteiger partial charge on any atom is 0.332 e. The molecule has 1 heterocycles. The Morgan fingerprint density at radius 1 is 1.21 bits per heavy atom. The lowest BCUT2D eigenvalue weighted by atomic mass is 10.2. The van der Waals surface area contributed by atoms with Gasteiger partial charge in [0.2, 0.25) is 5.91 Å². The van der Waals surface area contributed by atoms with Crippen LogP contribution >= 0.6 is 15.9 Å². The number of hydrogen-bond acceptors (Lipinski definition) is 3. The second-order valence-electron chi connectivity index (χ2n) is 6.49. The predicted octanol–water partition coefficient (Wildman–Crippen LogP) is 3.67. The van der Waals surface area contributed by atoms with Gasteiger partial charge in [0.25, 0.3) is 5.56 Å². The van der Waals surface area contributed by atoms with Crippen LogP contribution in [0.3, 0.4) is 0 Å². The van der Waals surface area contributed by atoms with Crippen molar-refractivity contribution in [2.24, 2.45) is 0 Å². The summed E-state index contributed by atoms with van der Waals surface area (Å²) in [6.07, 6.45) is 0.587. The van der Waals surface area contributed by atoms with Gasteiger partial charge in [-0.15, -0.1) is 0 Å². The first-order valence-electron chi connectivity index (χ1n) is 8.82. The molecule has 0 aliphatic rings. The van der Waals surface area contributed by atoms with Crippen LogP contribution in [0.25, 0.3) is 10.9 Å². The topological polar surface area (TPSA) is 73.1 Å². The zero-order valence-electron chi connectivity index (χ0n) is 15.4. The molecular formula is C20H19BrFN3O3. The largest absolute Gasteiger partial charge is 0.332 e. The minimum absolute atomic E-state index is 0.0146. The second kappa shape index (κ2) is 8.10. The van der Waals surface area contributed by atoms with Crippen molar-refractivity contribution in [3.05, 3.63) is 73.6 Å². The van der Waals surface area contributed by atoms with Crippen LogP contribution in [0, 0.1) is 5.82 Å². The van der Waals surface area contributed by atoms with Crippen LogP contribution in [0.5, 0.6) is 0 Å². The Morgan fingerprint density at radius 3 is 2.61 bits per heavy atom. The van der Waals surface area contributed by atoms with Crippen LogP contribution in [0.1, 0.15) is 26.3 Å². The van der Waals surface area contributed by atoms with E-state index in [-0.39, 0.29) is 23.8 Å². The van der Waals surface area contributed by atoms with Gasteiger partial charge in [0.15, 0.2) is 0 Å². The van der Waals surface area contributed by atoms with E-state index in [0.717, 1.165) is 4.57 Å². The number of carbonyl (C=O) groups excluding carboxylic acids is 1. The van der Waals surface area contributed by atoms with Crippen molar-refractivity contribution in [3.63, 3.8) is 0 Å².